The van der Waals surface area contributed by atoms with Crippen LogP contribution < -0.4 is 10.6 Å². The quantitative estimate of drug-likeness (QED) is 0.260. The Morgan fingerprint density at radius 1 is 1.25 bits per heavy atom. The SMILES string of the molecule is CCCC(CCO)CN=C(NCC)NC1CC(C)N(Cc2ccccc2)C1.I. The van der Waals surface area contributed by atoms with Crippen LogP contribution in [0, 0.1) is 5.92 Å². The van der Waals surface area contributed by atoms with Crippen LogP contribution in [0.3, 0.4) is 0 Å². The number of likely N-dealkylation sites (tertiary alicyclic amines) is 1. The molecule has 1 heterocycles. The number of rotatable bonds is 10. The standard InChI is InChI=1S/C22H38N4O.HI/c1-4-9-19(12-13-27)15-24-22(23-5-2)25-21-14-18(3)26(17-21)16-20-10-7-6-8-11-20;/h6-8,10-11,18-19,21,27H,4-5,9,12-17H2,1-3H3,(H2,23,24,25);1H. The minimum Gasteiger partial charge on any atom is -0.396 e. The van der Waals surface area contributed by atoms with Crippen LogP contribution in [0.1, 0.15) is 52.0 Å². The monoisotopic (exact) mass is 502 g/mol. The Hall–Kier alpha value is -0.860. The van der Waals surface area contributed by atoms with E-state index in [1.807, 2.05) is 0 Å². The van der Waals surface area contributed by atoms with E-state index in [4.69, 9.17) is 4.99 Å². The number of halogens is 1. The molecule has 160 valence electrons. The maximum Gasteiger partial charge on any atom is 0.191 e. The molecular weight excluding hydrogens is 463 g/mol. The van der Waals surface area contributed by atoms with E-state index in [1.54, 1.807) is 0 Å². The average molecular weight is 502 g/mol. The molecule has 0 radical (unpaired) electrons. The summed E-state index contributed by atoms with van der Waals surface area (Å²) in [5, 5.41) is 16.3. The van der Waals surface area contributed by atoms with Crippen molar-refractivity contribution in [1.29, 1.82) is 0 Å². The first-order chi connectivity index (χ1) is 13.2. The fourth-order valence-corrected chi connectivity index (χ4v) is 3.89. The van der Waals surface area contributed by atoms with E-state index in [2.05, 4.69) is 66.6 Å². The van der Waals surface area contributed by atoms with Crippen molar-refractivity contribution in [3.05, 3.63) is 35.9 Å². The van der Waals surface area contributed by atoms with E-state index >= 15 is 0 Å². The highest BCUT2D eigenvalue weighted by molar-refractivity contribution is 14.0. The van der Waals surface area contributed by atoms with Gasteiger partial charge in [0.15, 0.2) is 5.96 Å². The average Bonchev–Trinajstić information content (AvgIpc) is 3.00. The minimum absolute atomic E-state index is 0. The molecule has 1 fully saturated rings. The van der Waals surface area contributed by atoms with Crippen molar-refractivity contribution in [2.75, 3.05) is 26.2 Å². The van der Waals surface area contributed by atoms with Gasteiger partial charge in [0, 0.05) is 44.9 Å². The van der Waals surface area contributed by atoms with Crippen LogP contribution in [0.2, 0.25) is 0 Å². The van der Waals surface area contributed by atoms with Gasteiger partial charge in [0.25, 0.3) is 0 Å². The number of hydrogen-bond donors (Lipinski definition) is 3. The molecule has 1 aromatic carbocycles. The molecule has 2 rings (SSSR count). The normalized spacial score (nSPS) is 21.2. The lowest BCUT2D eigenvalue weighted by Gasteiger charge is -2.21. The van der Waals surface area contributed by atoms with Crippen LogP contribution in [0.5, 0.6) is 0 Å². The minimum atomic E-state index is 0. The van der Waals surface area contributed by atoms with Crippen molar-refractivity contribution in [3.63, 3.8) is 0 Å². The predicted octanol–water partition coefficient (Wildman–Crippen LogP) is 3.62. The maximum absolute atomic E-state index is 9.26. The van der Waals surface area contributed by atoms with Crippen molar-refractivity contribution in [1.82, 2.24) is 15.5 Å². The third kappa shape index (κ3) is 8.66. The van der Waals surface area contributed by atoms with Crippen LogP contribution in [0.4, 0.5) is 0 Å². The Balaban J connectivity index is 0.00000392. The van der Waals surface area contributed by atoms with Gasteiger partial charge in [0.05, 0.1) is 0 Å². The molecule has 1 aliphatic rings. The van der Waals surface area contributed by atoms with Gasteiger partial charge in [-0.3, -0.25) is 9.89 Å². The van der Waals surface area contributed by atoms with Gasteiger partial charge in [-0.25, -0.2) is 0 Å². The number of aliphatic imine (C=N–C) groups is 1. The van der Waals surface area contributed by atoms with Gasteiger partial charge < -0.3 is 15.7 Å². The highest BCUT2D eigenvalue weighted by atomic mass is 127. The van der Waals surface area contributed by atoms with Crippen LogP contribution in [-0.4, -0.2) is 54.3 Å². The summed E-state index contributed by atoms with van der Waals surface area (Å²) < 4.78 is 0. The Bertz CT molecular complexity index is 549. The van der Waals surface area contributed by atoms with Crippen molar-refractivity contribution in [2.45, 2.75) is 65.1 Å². The molecule has 3 N–H and O–H groups in total. The Morgan fingerprint density at radius 3 is 2.64 bits per heavy atom. The van der Waals surface area contributed by atoms with Crippen molar-refractivity contribution < 1.29 is 5.11 Å². The molecule has 0 amide bonds. The first kappa shape index (κ1) is 25.2. The molecule has 1 saturated heterocycles. The largest absolute Gasteiger partial charge is 0.396 e. The number of nitrogens with zero attached hydrogens (tertiary/aromatic N) is 2. The van der Waals surface area contributed by atoms with Crippen molar-refractivity contribution >= 4 is 29.9 Å². The van der Waals surface area contributed by atoms with Gasteiger partial charge in [-0.15, -0.1) is 24.0 Å². The van der Waals surface area contributed by atoms with E-state index in [-0.39, 0.29) is 30.6 Å². The lowest BCUT2D eigenvalue weighted by Crippen LogP contribution is -2.44. The van der Waals surface area contributed by atoms with Gasteiger partial charge in [-0.05, 0) is 44.6 Å². The van der Waals surface area contributed by atoms with Gasteiger partial charge in [-0.2, -0.15) is 0 Å². The summed E-state index contributed by atoms with van der Waals surface area (Å²) in [7, 11) is 0. The highest BCUT2D eigenvalue weighted by Gasteiger charge is 2.29. The van der Waals surface area contributed by atoms with Gasteiger partial charge in [0.2, 0.25) is 0 Å². The summed E-state index contributed by atoms with van der Waals surface area (Å²) in [6, 6.07) is 11.7. The van der Waals surface area contributed by atoms with Gasteiger partial charge in [-0.1, -0.05) is 43.7 Å². The fourth-order valence-electron chi connectivity index (χ4n) is 3.89. The second kappa shape index (κ2) is 14.2. The molecule has 0 saturated carbocycles. The lowest BCUT2D eigenvalue weighted by atomic mass is 10.0. The van der Waals surface area contributed by atoms with Crippen LogP contribution in [0.15, 0.2) is 35.3 Å². The summed E-state index contributed by atoms with van der Waals surface area (Å²) in [5.74, 6) is 1.38. The summed E-state index contributed by atoms with van der Waals surface area (Å²) in [5.41, 5.74) is 1.37. The maximum atomic E-state index is 9.26. The molecule has 5 nitrogen and oxygen atoms in total. The molecule has 28 heavy (non-hydrogen) atoms. The second-order valence-corrected chi connectivity index (χ2v) is 7.73. The van der Waals surface area contributed by atoms with Gasteiger partial charge >= 0.3 is 0 Å². The van der Waals surface area contributed by atoms with E-state index < -0.39 is 0 Å². The molecule has 1 aliphatic heterocycles. The molecule has 0 aliphatic carbocycles. The van der Waals surface area contributed by atoms with E-state index in [0.29, 0.717) is 18.0 Å². The van der Waals surface area contributed by atoms with Crippen LogP contribution in [-0.2, 0) is 6.54 Å². The highest BCUT2D eigenvalue weighted by Crippen LogP contribution is 2.20. The second-order valence-electron chi connectivity index (χ2n) is 7.73. The van der Waals surface area contributed by atoms with Crippen LogP contribution >= 0.6 is 24.0 Å². The zero-order chi connectivity index (χ0) is 19.5. The molecule has 0 spiro atoms. The molecule has 3 unspecified atom stereocenters. The number of nitrogens with one attached hydrogen (secondary N) is 2. The lowest BCUT2D eigenvalue weighted by molar-refractivity contribution is 0.253. The van der Waals surface area contributed by atoms with E-state index in [1.165, 1.54) is 5.56 Å². The zero-order valence-electron chi connectivity index (χ0n) is 17.7. The number of aliphatic hydroxyl groups is 1. The molecule has 0 aromatic heterocycles. The number of hydrogen-bond acceptors (Lipinski definition) is 3. The summed E-state index contributed by atoms with van der Waals surface area (Å²) in [4.78, 5) is 7.36. The van der Waals surface area contributed by atoms with Crippen molar-refractivity contribution in [3.8, 4) is 0 Å². The first-order valence-electron chi connectivity index (χ1n) is 10.6. The summed E-state index contributed by atoms with van der Waals surface area (Å²) in [6.07, 6.45) is 4.22. The van der Waals surface area contributed by atoms with Gasteiger partial charge in [0.1, 0.15) is 0 Å². The number of guanidine groups is 1. The number of benzene rings is 1. The molecule has 0 bridgehead atoms. The molecule has 1 aromatic rings. The molecular formula is C22H39IN4O. The Kier molecular flexibility index (Phi) is 12.7. The molecule has 3 atom stereocenters. The zero-order valence-corrected chi connectivity index (χ0v) is 20.1. The van der Waals surface area contributed by atoms with E-state index in [9.17, 15) is 5.11 Å². The summed E-state index contributed by atoms with van der Waals surface area (Å²) in [6.45, 7) is 10.5. The number of aliphatic hydroxyl groups excluding tert-OH is 1. The van der Waals surface area contributed by atoms with E-state index in [0.717, 1.165) is 57.8 Å². The molecule has 6 heteroatoms. The fraction of sp³-hybridized carbons (Fsp3) is 0.682. The third-order valence-electron chi connectivity index (χ3n) is 5.36. The first-order valence-corrected chi connectivity index (χ1v) is 10.6. The smallest absolute Gasteiger partial charge is 0.191 e. The van der Waals surface area contributed by atoms with Crippen LogP contribution in [0.25, 0.3) is 0 Å². The van der Waals surface area contributed by atoms with Crippen molar-refractivity contribution in [2.24, 2.45) is 10.9 Å². The topological polar surface area (TPSA) is 59.9 Å². The third-order valence-corrected chi connectivity index (χ3v) is 5.36. The predicted molar refractivity (Wildman–Crippen MR) is 129 cm³/mol. The Labute approximate surface area is 188 Å². The Morgan fingerprint density at radius 2 is 2.00 bits per heavy atom. The summed E-state index contributed by atoms with van der Waals surface area (Å²) >= 11 is 0.